The molecule has 0 aliphatic carbocycles. The van der Waals surface area contributed by atoms with Gasteiger partial charge in [-0.25, -0.2) is 4.98 Å². The lowest BCUT2D eigenvalue weighted by atomic mass is 10.2. The van der Waals surface area contributed by atoms with Gasteiger partial charge in [-0.3, -0.25) is 4.90 Å². The minimum Gasteiger partial charge on any atom is -0.310 e. The summed E-state index contributed by atoms with van der Waals surface area (Å²) in [5.41, 5.74) is 1.23. The van der Waals surface area contributed by atoms with Gasteiger partial charge in [0, 0.05) is 44.1 Å². The van der Waals surface area contributed by atoms with E-state index in [0.29, 0.717) is 6.04 Å². The van der Waals surface area contributed by atoms with Crippen LogP contribution in [0.5, 0.6) is 0 Å². The third kappa shape index (κ3) is 4.53. The van der Waals surface area contributed by atoms with Gasteiger partial charge >= 0.3 is 0 Å². The van der Waals surface area contributed by atoms with Crippen molar-refractivity contribution >= 4 is 11.3 Å². The van der Waals surface area contributed by atoms with Gasteiger partial charge in [-0.2, -0.15) is 0 Å². The number of nitrogens with zero attached hydrogens (tertiary/aromatic N) is 3. The average Bonchev–Trinajstić information content (AvgIpc) is 2.81. The van der Waals surface area contributed by atoms with Crippen molar-refractivity contribution in [1.82, 2.24) is 20.1 Å². The quantitative estimate of drug-likeness (QED) is 0.806. The van der Waals surface area contributed by atoms with Crippen LogP contribution in [-0.4, -0.2) is 54.1 Å². The predicted molar refractivity (Wildman–Crippen MR) is 81.5 cm³/mol. The van der Waals surface area contributed by atoms with Gasteiger partial charge in [0.2, 0.25) is 0 Å². The Hall–Kier alpha value is -0.490. The zero-order valence-corrected chi connectivity index (χ0v) is 13.2. The van der Waals surface area contributed by atoms with E-state index in [0.717, 1.165) is 32.7 Å². The van der Waals surface area contributed by atoms with Crippen LogP contribution in [0.25, 0.3) is 0 Å². The second-order valence-corrected chi connectivity index (χ2v) is 6.43. The largest absolute Gasteiger partial charge is 0.310 e. The van der Waals surface area contributed by atoms with Crippen molar-refractivity contribution in [3.05, 3.63) is 16.1 Å². The van der Waals surface area contributed by atoms with Gasteiger partial charge in [0.05, 0.1) is 5.69 Å². The van der Waals surface area contributed by atoms with Crippen molar-refractivity contribution in [1.29, 1.82) is 0 Å². The van der Waals surface area contributed by atoms with Gasteiger partial charge in [-0.1, -0.05) is 6.92 Å². The van der Waals surface area contributed by atoms with Crippen LogP contribution < -0.4 is 5.32 Å². The van der Waals surface area contributed by atoms with Crippen molar-refractivity contribution in [3.8, 4) is 0 Å². The van der Waals surface area contributed by atoms with Crippen LogP contribution in [-0.2, 0) is 13.1 Å². The van der Waals surface area contributed by atoms with Gasteiger partial charge < -0.3 is 10.2 Å². The molecule has 1 aliphatic rings. The molecule has 19 heavy (non-hydrogen) atoms. The molecular formula is C14H26N4S. The van der Waals surface area contributed by atoms with Crippen LogP contribution in [0.4, 0.5) is 0 Å². The average molecular weight is 282 g/mol. The van der Waals surface area contributed by atoms with Gasteiger partial charge in [0.1, 0.15) is 5.01 Å². The van der Waals surface area contributed by atoms with Gasteiger partial charge in [0.25, 0.3) is 0 Å². The van der Waals surface area contributed by atoms with E-state index in [1.54, 1.807) is 11.3 Å². The first-order valence-electron chi connectivity index (χ1n) is 7.25. The lowest BCUT2D eigenvalue weighted by molar-refractivity contribution is 0.0928. The van der Waals surface area contributed by atoms with Crippen LogP contribution in [0.15, 0.2) is 5.38 Å². The topological polar surface area (TPSA) is 31.4 Å². The second-order valence-electron chi connectivity index (χ2n) is 5.49. The summed E-state index contributed by atoms with van der Waals surface area (Å²) >= 11 is 1.78. The van der Waals surface area contributed by atoms with Crippen LogP contribution in [0.2, 0.25) is 0 Å². The summed E-state index contributed by atoms with van der Waals surface area (Å²) in [6.45, 7) is 11.0. The van der Waals surface area contributed by atoms with E-state index >= 15 is 0 Å². The second kappa shape index (κ2) is 7.33. The first kappa shape index (κ1) is 14.9. The number of aromatic nitrogens is 1. The Balaban J connectivity index is 1.82. The molecule has 0 bridgehead atoms. The minimum absolute atomic E-state index is 0.627. The maximum atomic E-state index is 4.73. The highest BCUT2D eigenvalue weighted by atomic mass is 32.1. The van der Waals surface area contributed by atoms with E-state index in [1.165, 1.54) is 23.7 Å². The summed E-state index contributed by atoms with van der Waals surface area (Å²) in [6, 6.07) is 0.627. The van der Waals surface area contributed by atoms with Gasteiger partial charge in [-0.15, -0.1) is 11.3 Å². The van der Waals surface area contributed by atoms with Crippen molar-refractivity contribution in [2.24, 2.45) is 0 Å². The number of rotatable bonds is 6. The third-order valence-electron chi connectivity index (χ3n) is 3.64. The molecule has 0 spiro atoms. The number of hydrogen-bond acceptors (Lipinski definition) is 5. The molecule has 1 aromatic rings. The molecule has 5 heteroatoms. The van der Waals surface area contributed by atoms with Crippen LogP contribution >= 0.6 is 11.3 Å². The molecule has 0 aromatic carbocycles. The maximum absolute atomic E-state index is 4.73. The van der Waals surface area contributed by atoms with Crippen LogP contribution in [0.1, 0.15) is 31.0 Å². The van der Waals surface area contributed by atoms with Gasteiger partial charge in [0.15, 0.2) is 0 Å². The fourth-order valence-electron chi connectivity index (χ4n) is 2.50. The number of hydrogen-bond donors (Lipinski definition) is 1. The molecule has 1 unspecified atom stereocenters. The van der Waals surface area contributed by atoms with Crippen LogP contribution in [0, 0.1) is 0 Å². The molecule has 1 fully saturated rings. The van der Waals surface area contributed by atoms with E-state index in [4.69, 9.17) is 4.98 Å². The van der Waals surface area contributed by atoms with Crippen LogP contribution in [0.3, 0.4) is 0 Å². The molecule has 2 heterocycles. The van der Waals surface area contributed by atoms with Crippen molar-refractivity contribution < 1.29 is 0 Å². The molecule has 0 amide bonds. The summed E-state index contributed by atoms with van der Waals surface area (Å²) < 4.78 is 0. The Kier molecular flexibility index (Phi) is 5.76. The Bertz CT molecular complexity index is 379. The molecular weight excluding hydrogens is 256 g/mol. The number of likely N-dealkylation sites (N-methyl/N-ethyl adjacent to an activating group) is 1. The number of piperazine rings is 1. The zero-order chi connectivity index (χ0) is 13.7. The smallest absolute Gasteiger partial charge is 0.107 e. The molecule has 108 valence electrons. The van der Waals surface area contributed by atoms with Crippen molar-refractivity contribution in [3.63, 3.8) is 0 Å². The molecule has 1 aromatic heterocycles. The lowest BCUT2D eigenvalue weighted by Gasteiger charge is -2.37. The predicted octanol–water partition coefficient (Wildman–Crippen LogP) is 1.78. The molecule has 0 saturated carbocycles. The zero-order valence-electron chi connectivity index (χ0n) is 12.4. The molecule has 2 rings (SSSR count). The highest BCUT2D eigenvalue weighted by Crippen LogP contribution is 2.15. The fourth-order valence-corrected chi connectivity index (χ4v) is 3.25. The van der Waals surface area contributed by atoms with E-state index < -0.39 is 0 Å². The Morgan fingerprint density at radius 1 is 1.47 bits per heavy atom. The molecule has 1 atom stereocenters. The summed E-state index contributed by atoms with van der Waals surface area (Å²) in [5, 5.41) is 6.84. The highest BCUT2D eigenvalue weighted by molar-refractivity contribution is 7.09. The highest BCUT2D eigenvalue weighted by Gasteiger charge is 2.21. The summed E-state index contributed by atoms with van der Waals surface area (Å²) in [5.74, 6) is 0. The maximum Gasteiger partial charge on any atom is 0.107 e. The standard InChI is InChI=1S/C14H26N4S/c1-4-5-15-8-14-16-13(11-19-14)10-18-7-6-17(3)9-12(18)2/h11-12,15H,4-10H2,1-3H3. The number of thiazole rings is 1. The molecule has 0 radical (unpaired) electrons. The molecule has 1 N–H and O–H groups in total. The summed E-state index contributed by atoms with van der Waals surface area (Å²) in [7, 11) is 2.20. The first-order chi connectivity index (χ1) is 9.19. The van der Waals surface area contributed by atoms with Gasteiger partial charge in [-0.05, 0) is 26.9 Å². The Morgan fingerprint density at radius 2 is 2.32 bits per heavy atom. The fraction of sp³-hybridized carbons (Fsp3) is 0.786. The summed E-state index contributed by atoms with van der Waals surface area (Å²) in [6.07, 6.45) is 1.18. The normalized spacial score (nSPS) is 21.9. The van der Waals surface area contributed by atoms with Crippen molar-refractivity contribution in [2.75, 3.05) is 33.2 Å². The summed E-state index contributed by atoms with van der Waals surface area (Å²) in [4.78, 5) is 9.68. The van der Waals surface area contributed by atoms with E-state index in [1.807, 2.05) is 0 Å². The number of nitrogens with one attached hydrogen (secondary N) is 1. The minimum atomic E-state index is 0.627. The monoisotopic (exact) mass is 282 g/mol. The van der Waals surface area contributed by atoms with E-state index in [9.17, 15) is 0 Å². The third-order valence-corrected chi connectivity index (χ3v) is 4.53. The lowest BCUT2D eigenvalue weighted by Crippen LogP contribution is -2.49. The SMILES string of the molecule is CCCNCc1nc(CN2CCN(C)CC2C)cs1. The van der Waals surface area contributed by atoms with E-state index in [-0.39, 0.29) is 0 Å². The molecule has 1 aliphatic heterocycles. The Morgan fingerprint density at radius 3 is 3.05 bits per heavy atom. The molecule has 4 nitrogen and oxygen atoms in total. The van der Waals surface area contributed by atoms with Crippen molar-refractivity contribution in [2.45, 2.75) is 39.4 Å². The Labute approximate surface area is 120 Å². The molecule has 1 saturated heterocycles. The van der Waals surface area contributed by atoms with E-state index in [2.05, 4.69) is 41.4 Å². The first-order valence-corrected chi connectivity index (χ1v) is 8.13.